The molecular weight excluding hydrogens is 593 g/mol. The number of amides is 4. The summed E-state index contributed by atoms with van der Waals surface area (Å²) in [6.07, 6.45) is 3.95. The number of nitrogens with zero attached hydrogens (tertiary/aromatic N) is 4. The number of likely N-dealkylation sites (N-methyl/N-ethyl adjacent to an activating group) is 1. The van der Waals surface area contributed by atoms with Gasteiger partial charge in [-0.05, 0) is 67.9 Å². The van der Waals surface area contributed by atoms with Crippen molar-refractivity contribution in [1.29, 1.82) is 0 Å². The highest BCUT2D eigenvalue weighted by Gasteiger charge is 2.36. The maximum atomic E-state index is 15.6. The average molecular weight is 642 g/mol. The molecule has 13 heteroatoms. The molecular formula is C33H48FN7O5. The van der Waals surface area contributed by atoms with Crippen LogP contribution in [-0.2, 0) is 20.8 Å². The zero-order chi connectivity index (χ0) is 33.5. The van der Waals surface area contributed by atoms with E-state index in [0.717, 1.165) is 32.2 Å². The topological polar surface area (TPSA) is 150 Å². The number of hydrogen-bond acceptors (Lipinski definition) is 8. The number of carbonyl (C=O) groups excluding carboxylic acids is 4. The maximum Gasteiger partial charge on any atom is 0.276 e. The first-order chi connectivity index (χ1) is 21.9. The highest BCUT2D eigenvalue weighted by Crippen LogP contribution is 2.32. The van der Waals surface area contributed by atoms with E-state index in [1.165, 1.54) is 12.1 Å². The maximum absolute atomic E-state index is 15.6. The van der Waals surface area contributed by atoms with Crippen LogP contribution in [-0.4, -0.2) is 88.5 Å². The number of halogens is 1. The van der Waals surface area contributed by atoms with E-state index in [4.69, 9.17) is 4.63 Å². The molecule has 1 aliphatic heterocycles. The monoisotopic (exact) mass is 641 g/mol. The Morgan fingerprint density at radius 1 is 1.04 bits per heavy atom. The van der Waals surface area contributed by atoms with Gasteiger partial charge in [-0.3, -0.25) is 19.2 Å². The first-order valence-electron chi connectivity index (χ1n) is 16.4. The van der Waals surface area contributed by atoms with Gasteiger partial charge in [-0.2, -0.15) is 0 Å². The molecule has 46 heavy (non-hydrogen) atoms. The lowest BCUT2D eigenvalue weighted by molar-refractivity contribution is -0.139. The zero-order valence-electron chi connectivity index (χ0n) is 27.8. The van der Waals surface area contributed by atoms with Crippen molar-refractivity contribution in [2.75, 3.05) is 32.0 Å². The van der Waals surface area contributed by atoms with Gasteiger partial charge in [-0.1, -0.05) is 51.8 Å². The molecule has 4 amide bonds. The van der Waals surface area contributed by atoms with Crippen molar-refractivity contribution in [3.63, 3.8) is 0 Å². The summed E-state index contributed by atoms with van der Waals surface area (Å²) in [5, 5.41) is 15.8. The number of benzene rings is 1. The predicted octanol–water partition coefficient (Wildman–Crippen LogP) is 3.50. The molecule has 2 fully saturated rings. The van der Waals surface area contributed by atoms with Gasteiger partial charge in [0.25, 0.3) is 5.91 Å². The van der Waals surface area contributed by atoms with E-state index in [9.17, 15) is 19.2 Å². The van der Waals surface area contributed by atoms with Gasteiger partial charge in [0.05, 0.1) is 5.69 Å². The van der Waals surface area contributed by atoms with Crippen LogP contribution < -0.4 is 16.0 Å². The average Bonchev–Trinajstić information content (AvgIpc) is 3.53. The minimum Gasteiger partial charge on any atom is -0.344 e. The largest absolute Gasteiger partial charge is 0.344 e. The SMILES string of the molecule is CCC(=O)N[C@@H](C(=O)N1CCN(C)[C@@H](C)C1)[C@@H](C)c1ccc(NC(=O)[C@@H](NC(=O)c2nonc2CC)C2CCC(C)CC2)c(F)c1. The Morgan fingerprint density at radius 3 is 2.39 bits per heavy atom. The van der Waals surface area contributed by atoms with Gasteiger partial charge in [0.1, 0.15) is 23.6 Å². The van der Waals surface area contributed by atoms with Gasteiger partial charge in [0.2, 0.25) is 17.7 Å². The number of aryl methyl sites for hydroxylation is 1. The van der Waals surface area contributed by atoms with Gasteiger partial charge < -0.3 is 25.8 Å². The molecule has 2 aliphatic rings. The summed E-state index contributed by atoms with van der Waals surface area (Å²) in [5.41, 5.74) is 0.872. The van der Waals surface area contributed by atoms with Crippen molar-refractivity contribution in [3.8, 4) is 0 Å². The molecule has 0 radical (unpaired) electrons. The predicted molar refractivity (Wildman–Crippen MR) is 170 cm³/mol. The second-order valence-corrected chi connectivity index (χ2v) is 12.9. The Morgan fingerprint density at radius 2 is 1.76 bits per heavy atom. The Bertz CT molecular complexity index is 1390. The highest BCUT2D eigenvalue weighted by molar-refractivity contribution is 6.01. The van der Waals surface area contributed by atoms with Crippen LogP contribution >= 0.6 is 0 Å². The number of hydrogen-bond donors (Lipinski definition) is 3. The van der Waals surface area contributed by atoms with Crippen LogP contribution in [0.3, 0.4) is 0 Å². The number of anilines is 1. The zero-order valence-corrected chi connectivity index (χ0v) is 27.8. The molecule has 1 aromatic carbocycles. The van der Waals surface area contributed by atoms with E-state index in [1.807, 2.05) is 20.9 Å². The Kier molecular flexibility index (Phi) is 11.9. The molecule has 252 valence electrons. The minimum absolute atomic E-state index is 0.0271. The molecule has 1 saturated carbocycles. The highest BCUT2D eigenvalue weighted by atomic mass is 19.1. The van der Waals surface area contributed by atoms with Crippen LogP contribution in [0.1, 0.15) is 94.4 Å². The normalized spacial score (nSPS) is 22.4. The number of carbonyl (C=O) groups is 4. The fraction of sp³-hybridized carbons (Fsp3) is 0.636. The van der Waals surface area contributed by atoms with Gasteiger partial charge in [-0.15, -0.1) is 0 Å². The fourth-order valence-electron chi connectivity index (χ4n) is 6.28. The fourth-order valence-corrected chi connectivity index (χ4v) is 6.28. The first kappa shape index (κ1) is 35.0. The second-order valence-electron chi connectivity index (χ2n) is 12.9. The third-order valence-electron chi connectivity index (χ3n) is 9.66. The molecule has 12 nitrogen and oxygen atoms in total. The summed E-state index contributed by atoms with van der Waals surface area (Å²) in [5.74, 6) is -2.43. The van der Waals surface area contributed by atoms with Gasteiger partial charge >= 0.3 is 0 Å². The van der Waals surface area contributed by atoms with Crippen molar-refractivity contribution >= 4 is 29.3 Å². The smallest absolute Gasteiger partial charge is 0.276 e. The van der Waals surface area contributed by atoms with E-state index in [1.54, 1.807) is 24.8 Å². The molecule has 1 aliphatic carbocycles. The number of nitrogens with one attached hydrogen (secondary N) is 3. The third kappa shape index (κ3) is 8.28. The van der Waals surface area contributed by atoms with Gasteiger partial charge in [0, 0.05) is 38.0 Å². The summed E-state index contributed by atoms with van der Waals surface area (Å²) in [7, 11) is 2.01. The van der Waals surface area contributed by atoms with E-state index in [0.29, 0.717) is 36.7 Å². The Labute approximate surface area is 270 Å². The van der Waals surface area contributed by atoms with Crippen molar-refractivity contribution < 1.29 is 28.2 Å². The van der Waals surface area contributed by atoms with E-state index in [-0.39, 0.29) is 41.6 Å². The van der Waals surface area contributed by atoms with Crippen LogP contribution in [0, 0.1) is 17.7 Å². The second kappa shape index (κ2) is 15.6. The molecule has 2 aromatic rings. The number of rotatable bonds is 11. The molecule has 1 aromatic heterocycles. The summed E-state index contributed by atoms with van der Waals surface area (Å²) >= 11 is 0. The van der Waals surface area contributed by atoms with Crippen molar-refractivity contribution in [2.24, 2.45) is 11.8 Å². The number of aromatic nitrogens is 2. The standard InChI is InChI=1S/C33H48FN7O5/c1-7-25-30(39-46-38-25)32(44)37-29(22-11-9-19(3)10-12-22)31(43)35-26-14-13-23(17-24(26)34)21(5)28(36-27(42)8-2)33(45)41-16-15-40(6)20(4)18-41/h13-14,17,19-22,28-29H,7-12,15-16,18H2,1-6H3,(H,35,43)(H,36,42)(H,37,44)/t19?,20-,21-,22?,28+,29-/m0/s1. The van der Waals surface area contributed by atoms with Crippen molar-refractivity contribution in [3.05, 3.63) is 41.0 Å². The molecule has 4 atom stereocenters. The molecule has 0 spiro atoms. The van der Waals surface area contributed by atoms with Crippen LogP contribution in [0.4, 0.5) is 10.1 Å². The van der Waals surface area contributed by atoms with Crippen LogP contribution in [0.2, 0.25) is 0 Å². The Hall–Kier alpha value is -3.87. The van der Waals surface area contributed by atoms with E-state index in [2.05, 4.69) is 38.1 Å². The summed E-state index contributed by atoms with van der Waals surface area (Å²) in [6, 6.07) is 2.77. The van der Waals surface area contributed by atoms with E-state index < -0.39 is 35.6 Å². The van der Waals surface area contributed by atoms with Crippen molar-refractivity contribution in [2.45, 2.75) is 97.2 Å². The molecule has 4 rings (SSSR count). The Balaban J connectivity index is 1.52. The molecule has 2 heterocycles. The van der Waals surface area contributed by atoms with Crippen molar-refractivity contribution in [1.82, 2.24) is 30.7 Å². The van der Waals surface area contributed by atoms with Crippen LogP contribution in [0.15, 0.2) is 22.8 Å². The van der Waals surface area contributed by atoms with Crippen LogP contribution in [0.5, 0.6) is 0 Å². The summed E-state index contributed by atoms with van der Waals surface area (Å²) in [6.45, 7) is 11.3. The minimum atomic E-state index is -0.920. The lowest BCUT2D eigenvalue weighted by atomic mass is 9.79. The van der Waals surface area contributed by atoms with Gasteiger partial charge in [-0.25, -0.2) is 9.02 Å². The molecule has 1 saturated heterocycles. The molecule has 0 bridgehead atoms. The summed E-state index contributed by atoms with van der Waals surface area (Å²) in [4.78, 5) is 56.8. The van der Waals surface area contributed by atoms with E-state index >= 15 is 4.39 Å². The lowest BCUT2D eigenvalue weighted by Gasteiger charge is -2.40. The van der Waals surface area contributed by atoms with Gasteiger partial charge in [0.15, 0.2) is 5.69 Å². The first-order valence-corrected chi connectivity index (χ1v) is 16.4. The molecule has 3 N–H and O–H groups in total. The molecule has 0 unspecified atom stereocenters. The quantitative estimate of drug-likeness (QED) is 0.338. The lowest BCUT2D eigenvalue weighted by Crippen LogP contribution is -2.58. The number of piperazine rings is 1. The summed E-state index contributed by atoms with van der Waals surface area (Å²) < 4.78 is 20.4. The third-order valence-corrected chi connectivity index (χ3v) is 9.66. The van der Waals surface area contributed by atoms with Crippen LogP contribution in [0.25, 0.3) is 0 Å².